The van der Waals surface area contributed by atoms with E-state index < -0.39 is 0 Å². The molecule has 0 aliphatic carbocycles. The van der Waals surface area contributed by atoms with E-state index >= 15 is 0 Å². The van der Waals surface area contributed by atoms with Crippen LogP contribution in [-0.2, 0) is 6.54 Å². The van der Waals surface area contributed by atoms with Crippen molar-refractivity contribution in [2.24, 2.45) is 0 Å². The van der Waals surface area contributed by atoms with Gasteiger partial charge in [0.2, 0.25) is 0 Å². The molecular weight excluding hydrogens is 234 g/mol. The highest BCUT2D eigenvalue weighted by atomic mass is 15.2. The fourth-order valence-electron chi connectivity index (χ4n) is 1.86. The van der Waals surface area contributed by atoms with Gasteiger partial charge in [-0.1, -0.05) is 32.0 Å². The summed E-state index contributed by atoms with van der Waals surface area (Å²) in [6, 6.07) is 14.9. The molecule has 0 bridgehead atoms. The lowest BCUT2D eigenvalue weighted by atomic mass is 10.2. The Kier molecular flexibility index (Phi) is 4.53. The Bertz CT molecular complexity index is 508. The van der Waals surface area contributed by atoms with E-state index in [2.05, 4.69) is 53.3 Å². The summed E-state index contributed by atoms with van der Waals surface area (Å²) in [6.07, 6.45) is 1.87. The lowest BCUT2D eigenvalue weighted by Gasteiger charge is -2.19. The summed E-state index contributed by atoms with van der Waals surface area (Å²) in [5, 5.41) is 3.42. The van der Waals surface area contributed by atoms with Crippen molar-refractivity contribution in [1.82, 2.24) is 10.3 Å². The lowest BCUT2D eigenvalue weighted by Crippen LogP contribution is -2.22. The van der Waals surface area contributed by atoms with Crippen LogP contribution in [0.3, 0.4) is 0 Å². The summed E-state index contributed by atoms with van der Waals surface area (Å²) in [5.41, 5.74) is 2.39. The monoisotopic (exact) mass is 255 g/mol. The van der Waals surface area contributed by atoms with Gasteiger partial charge in [0, 0.05) is 31.5 Å². The molecule has 3 heteroatoms. The van der Waals surface area contributed by atoms with Crippen LogP contribution < -0.4 is 10.2 Å². The normalized spacial score (nSPS) is 10.7. The molecule has 0 aliphatic heterocycles. The summed E-state index contributed by atoms with van der Waals surface area (Å²) in [4.78, 5) is 6.54. The molecule has 0 saturated heterocycles. The van der Waals surface area contributed by atoms with Crippen molar-refractivity contribution in [3.8, 4) is 0 Å². The molecule has 0 amide bonds. The highest BCUT2D eigenvalue weighted by Crippen LogP contribution is 2.21. The molecule has 0 radical (unpaired) electrons. The van der Waals surface area contributed by atoms with E-state index in [0.717, 1.165) is 18.1 Å². The number of aromatic nitrogens is 1. The molecule has 0 spiro atoms. The number of benzene rings is 1. The number of pyridine rings is 1. The van der Waals surface area contributed by atoms with Gasteiger partial charge >= 0.3 is 0 Å². The smallest absolute Gasteiger partial charge is 0.132 e. The molecule has 0 saturated carbocycles. The zero-order chi connectivity index (χ0) is 13.7. The molecule has 0 unspecified atom stereocenters. The third-order valence-electron chi connectivity index (χ3n) is 3.01. The number of nitrogens with one attached hydrogen (secondary N) is 1. The molecule has 0 atom stereocenters. The largest absolute Gasteiger partial charge is 0.329 e. The van der Waals surface area contributed by atoms with Crippen LogP contribution in [0.15, 0.2) is 48.7 Å². The number of rotatable bonds is 5. The van der Waals surface area contributed by atoms with Gasteiger partial charge in [0.1, 0.15) is 5.82 Å². The van der Waals surface area contributed by atoms with Gasteiger partial charge in [-0.15, -0.1) is 0 Å². The van der Waals surface area contributed by atoms with Crippen LogP contribution in [0.1, 0.15) is 19.4 Å². The standard InChI is InChI=1S/C16H21N3/c1-13(2)18-12-14-9-10-17-16(11-14)19(3)15-7-5-4-6-8-15/h4-11,13,18H,12H2,1-3H3. The second kappa shape index (κ2) is 6.34. The van der Waals surface area contributed by atoms with E-state index in [1.54, 1.807) is 0 Å². The van der Waals surface area contributed by atoms with E-state index in [9.17, 15) is 0 Å². The van der Waals surface area contributed by atoms with Crippen LogP contribution in [0.2, 0.25) is 0 Å². The summed E-state index contributed by atoms with van der Waals surface area (Å²) in [6.45, 7) is 5.17. The zero-order valence-corrected chi connectivity index (χ0v) is 11.8. The molecule has 1 heterocycles. The first kappa shape index (κ1) is 13.6. The number of nitrogens with zero attached hydrogens (tertiary/aromatic N) is 2. The van der Waals surface area contributed by atoms with Crippen LogP contribution in [0.5, 0.6) is 0 Å². The van der Waals surface area contributed by atoms with E-state index in [1.165, 1.54) is 5.56 Å². The molecular formula is C16H21N3. The van der Waals surface area contributed by atoms with Crippen molar-refractivity contribution >= 4 is 11.5 Å². The molecule has 0 aliphatic rings. The molecule has 100 valence electrons. The summed E-state index contributed by atoms with van der Waals surface area (Å²) in [5.74, 6) is 0.967. The highest BCUT2D eigenvalue weighted by Gasteiger charge is 2.05. The first-order valence-corrected chi connectivity index (χ1v) is 6.64. The minimum absolute atomic E-state index is 0.489. The van der Waals surface area contributed by atoms with Gasteiger partial charge in [-0.05, 0) is 29.8 Å². The van der Waals surface area contributed by atoms with Crippen LogP contribution in [0.4, 0.5) is 11.5 Å². The molecule has 1 aromatic carbocycles. The van der Waals surface area contributed by atoms with Gasteiger partial charge in [0.25, 0.3) is 0 Å². The Morgan fingerprint density at radius 1 is 1.16 bits per heavy atom. The lowest BCUT2D eigenvalue weighted by molar-refractivity contribution is 0.588. The minimum atomic E-state index is 0.489. The van der Waals surface area contributed by atoms with Crippen molar-refractivity contribution in [3.63, 3.8) is 0 Å². The van der Waals surface area contributed by atoms with E-state index in [1.807, 2.05) is 31.4 Å². The molecule has 0 fully saturated rings. The molecule has 1 aromatic heterocycles. The fourth-order valence-corrected chi connectivity index (χ4v) is 1.86. The van der Waals surface area contributed by atoms with Crippen LogP contribution in [0.25, 0.3) is 0 Å². The van der Waals surface area contributed by atoms with Crippen LogP contribution >= 0.6 is 0 Å². The Morgan fingerprint density at radius 3 is 2.58 bits per heavy atom. The Labute approximate surface area is 115 Å². The van der Waals surface area contributed by atoms with Crippen LogP contribution in [-0.4, -0.2) is 18.1 Å². The molecule has 19 heavy (non-hydrogen) atoms. The average molecular weight is 255 g/mol. The average Bonchev–Trinajstić information content (AvgIpc) is 2.45. The molecule has 2 rings (SSSR count). The van der Waals surface area contributed by atoms with Gasteiger partial charge in [-0.25, -0.2) is 4.98 Å². The predicted octanol–water partition coefficient (Wildman–Crippen LogP) is 3.35. The summed E-state index contributed by atoms with van der Waals surface area (Å²) >= 11 is 0. The third kappa shape index (κ3) is 3.80. The minimum Gasteiger partial charge on any atom is -0.329 e. The predicted molar refractivity (Wildman–Crippen MR) is 80.7 cm³/mol. The van der Waals surface area contributed by atoms with Gasteiger partial charge in [0.05, 0.1) is 0 Å². The second-order valence-corrected chi connectivity index (χ2v) is 4.95. The van der Waals surface area contributed by atoms with Gasteiger partial charge in [-0.3, -0.25) is 0 Å². The quantitative estimate of drug-likeness (QED) is 0.888. The Balaban J connectivity index is 2.14. The van der Waals surface area contributed by atoms with Crippen molar-refractivity contribution in [1.29, 1.82) is 0 Å². The third-order valence-corrected chi connectivity index (χ3v) is 3.01. The molecule has 3 nitrogen and oxygen atoms in total. The molecule has 2 aromatic rings. The second-order valence-electron chi connectivity index (χ2n) is 4.95. The first-order chi connectivity index (χ1) is 9.16. The number of hydrogen-bond donors (Lipinski definition) is 1. The topological polar surface area (TPSA) is 28.2 Å². The van der Waals surface area contributed by atoms with Gasteiger partial charge in [0.15, 0.2) is 0 Å². The Hall–Kier alpha value is -1.87. The summed E-state index contributed by atoms with van der Waals surface area (Å²) in [7, 11) is 2.04. The van der Waals surface area contributed by atoms with Crippen LogP contribution in [0, 0.1) is 0 Å². The van der Waals surface area contributed by atoms with Crippen molar-refractivity contribution < 1.29 is 0 Å². The fraction of sp³-hybridized carbons (Fsp3) is 0.312. The number of hydrogen-bond acceptors (Lipinski definition) is 3. The SMILES string of the molecule is CC(C)NCc1ccnc(N(C)c2ccccc2)c1. The highest BCUT2D eigenvalue weighted by molar-refractivity contribution is 5.59. The van der Waals surface area contributed by atoms with Gasteiger partial charge < -0.3 is 10.2 Å². The van der Waals surface area contributed by atoms with Crippen molar-refractivity contribution in [3.05, 3.63) is 54.2 Å². The maximum Gasteiger partial charge on any atom is 0.132 e. The maximum atomic E-state index is 4.44. The molecule has 1 N–H and O–H groups in total. The maximum absolute atomic E-state index is 4.44. The van der Waals surface area contributed by atoms with E-state index in [4.69, 9.17) is 0 Å². The van der Waals surface area contributed by atoms with Crippen molar-refractivity contribution in [2.75, 3.05) is 11.9 Å². The van der Waals surface area contributed by atoms with Gasteiger partial charge in [-0.2, -0.15) is 0 Å². The van der Waals surface area contributed by atoms with E-state index in [0.29, 0.717) is 6.04 Å². The summed E-state index contributed by atoms with van der Waals surface area (Å²) < 4.78 is 0. The zero-order valence-electron chi connectivity index (χ0n) is 11.8. The first-order valence-electron chi connectivity index (χ1n) is 6.64. The Morgan fingerprint density at radius 2 is 1.89 bits per heavy atom. The number of para-hydroxylation sites is 1. The number of anilines is 2. The van der Waals surface area contributed by atoms with E-state index in [-0.39, 0.29) is 0 Å². The van der Waals surface area contributed by atoms with Crippen molar-refractivity contribution in [2.45, 2.75) is 26.4 Å².